The molecule has 0 bridgehead atoms. The van der Waals surface area contributed by atoms with Crippen LogP contribution in [-0.4, -0.2) is 55.1 Å². The molecule has 1 N–H and O–H groups in total. The number of likely N-dealkylation sites (N-methyl/N-ethyl adjacent to an activating group) is 1. The quantitative estimate of drug-likeness (QED) is 0.627. The van der Waals surface area contributed by atoms with E-state index in [1.54, 1.807) is 10.2 Å². The van der Waals surface area contributed by atoms with Crippen molar-refractivity contribution in [2.75, 3.05) is 33.2 Å². The molecule has 2 heterocycles. The van der Waals surface area contributed by atoms with E-state index in [9.17, 15) is 4.79 Å². The molecule has 0 saturated carbocycles. The second kappa shape index (κ2) is 3.54. The van der Waals surface area contributed by atoms with Gasteiger partial charge in [0.05, 0.1) is 0 Å². The number of hydrogen-bond donors (Lipinski definition) is 1. The summed E-state index contributed by atoms with van der Waals surface area (Å²) in [4.78, 5) is 15.4. The number of carbonyl (C=O) groups excluding carboxylic acids is 1. The van der Waals surface area contributed by atoms with Gasteiger partial charge in [-0.2, -0.15) is 0 Å². The SMILES string of the molecule is [2H]N1CCCC(N2CCN(C)C2=O)C1. The van der Waals surface area contributed by atoms with Crippen LogP contribution >= 0.6 is 0 Å². The molecule has 0 radical (unpaired) electrons. The van der Waals surface area contributed by atoms with E-state index in [0.717, 1.165) is 32.5 Å². The summed E-state index contributed by atoms with van der Waals surface area (Å²) in [6, 6.07) is 0.393. The van der Waals surface area contributed by atoms with Crippen LogP contribution in [0.15, 0.2) is 0 Å². The van der Waals surface area contributed by atoms with E-state index in [1.165, 1.54) is 0 Å². The molecule has 0 spiro atoms. The smallest absolute Gasteiger partial charge is 0.320 e. The summed E-state index contributed by atoms with van der Waals surface area (Å²) < 4.78 is 7.56. The van der Waals surface area contributed by atoms with Crippen molar-refractivity contribution >= 4 is 6.03 Å². The maximum absolute atomic E-state index is 11.7. The molecule has 1 atom stereocenters. The Morgan fingerprint density at radius 1 is 1.62 bits per heavy atom. The van der Waals surface area contributed by atoms with Gasteiger partial charge in [0.2, 0.25) is 0 Å². The lowest BCUT2D eigenvalue weighted by Gasteiger charge is -2.30. The van der Waals surface area contributed by atoms with Gasteiger partial charge in [-0.3, -0.25) is 0 Å². The lowest BCUT2D eigenvalue weighted by atomic mass is 10.1. The van der Waals surface area contributed by atoms with Crippen LogP contribution in [-0.2, 0) is 0 Å². The van der Waals surface area contributed by atoms with Crippen molar-refractivity contribution in [2.24, 2.45) is 0 Å². The lowest BCUT2D eigenvalue weighted by molar-refractivity contribution is 0.172. The summed E-state index contributed by atoms with van der Waals surface area (Å²) in [5.74, 6) is 0. The molecule has 0 aromatic carbocycles. The molecule has 2 aliphatic heterocycles. The maximum atomic E-state index is 11.7. The van der Waals surface area contributed by atoms with Crippen LogP contribution in [0.4, 0.5) is 4.79 Å². The molecule has 0 aromatic heterocycles. The van der Waals surface area contributed by atoms with Gasteiger partial charge in [0.15, 0.2) is 0 Å². The van der Waals surface area contributed by atoms with Gasteiger partial charge in [-0.1, -0.05) is 0 Å². The number of hydrogen-bond acceptors (Lipinski definition) is 2. The molecule has 4 nitrogen and oxygen atoms in total. The normalized spacial score (nSPS) is 32.5. The molecular weight excluding hydrogens is 166 g/mol. The number of amides is 2. The highest BCUT2D eigenvalue weighted by Gasteiger charge is 2.31. The molecule has 74 valence electrons. The van der Waals surface area contributed by atoms with Gasteiger partial charge in [-0.25, -0.2) is 4.79 Å². The largest absolute Gasteiger partial charge is 0.326 e. The molecule has 2 aliphatic rings. The zero-order chi connectivity index (χ0) is 10.1. The summed E-state index contributed by atoms with van der Waals surface area (Å²) in [6.45, 7) is 3.20. The average molecular weight is 184 g/mol. The van der Waals surface area contributed by atoms with Crippen molar-refractivity contribution in [1.82, 2.24) is 15.1 Å². The maximum Gasteiger partial charge on any atom is 0.320 e. The van der Waals surface area contributed by atoms with Crippen LogP contribution in [0, 0.1) is 0 Å². The van der Waals surface area contributed by atoms with E-state index in [1.807, 2.05) is 11.9 Å². The highest BCUT2D eigenvalue weighted by atomic mass is 16.2. The van der Waals surface area contributed by atoms with Crippen molar-refractivity contribution in [2.45, 2.75) is 18.9 Å². The van der Waals surface area contributed by atoms with Crippen LogP contribution in [0.1, 0.15) is 12.8 Å². The van der Waals surface area contributed by atoms with Gasteiger partial charge in [0, 0.05) is 32.7 Å². The van der Waals surface area contributed by atoms with E-state index >= 15 is 0 Å². The Morgan fingerprint density at radius 3 is 3.08 bits per heavy atom. The molecule has 2 saturated heterocycles. The first-order valence-corrected chi connectivity index (χ1v) is 4.94. The summed E-state index contributed by atoms with van der Waals surface area (Å²) in [5, 5.41) is 1.57. The standard InChI is InChI=1S/C9H17N3O/c1-11-5-6-12(9(11)13)8-3-2-4-10-7-8/h8,10H,2-7H2,1H3/i/hD. The van der Waals surface area contributed by atoms with Gasteiger partial charge in [-0.05, 0) is 19.4 Å². The van der Waals surface area contributed by atoms with Crippen molar-refractivity contribution in [1.29, 1.82) is 0 Å². The highest BCUT2D eigenvalue weighted by Crippen LogP contribution is 2.15. The third-order valence-electron chi connectivity index (χ3n) is 2.88. The molecule has 0 aromatic rings. The van der Waals surface area contributed by atoms with Crippen LogP contribution in [0.25, 0.3) is 0 Å². The first-order chi connectivity index (χ1) is 6.68. The molecule has 0 aliphatic carbocycles. The van der Waals surface area contributed by atoms with Crippen LogP contribution < -0.4 is 5.31 Å². The number of rotatable bonds is 1. The highest BCUT2D eigenvalue weighted by molar-refractivity contribution is 5.76. The molecular formula is C9H17N3O. The van der Waals surface area contributed by atoms with E-state index < -0.39 is 0 Å². The van der Waals surface area contributed by atoms with Gasteiger partial charge < -0.3 is 15.1 Å². The minimum Gasteiger partial charge on any atom is -0.326 e. The van der Waals surface area contributed by atoms with Crippen molar-refractivity contribution in [3.8, 4) is 0 Å². The van der Waals surface area contributed by atoms with E-state index in [-0.39, 0.29) is 12.1 Å². The number of piperidine rings is 1. The topological polar surface area (TPSA) is 35.6 Å². The fraction of sp³-hybridized carbons (Fsp3) is 0.889. The summed E-state index contributed by atoms with van der Waals surface area (Å²) in [6.07, 6.45) is 2.08. The predicted molar refractivity (Wildman–Crippen MR) is 50.6 cm³/mol. The minimum absolute atomic E-state index is 0.130. The van der Waals surface area contributed by atoms with Crippen LogP contribution in [0.5, 0.6) is 0 Å². The third kappa shape index (κ3) is 1.63. The van der Waals surface area contributed by atoms with Crippen molar-refractivity contribution < 1.29 is 6.21 Å². The zero-order valence-electron chi connectivity index (χ0n) is 9.07. The second-order valence-electron chi connectivity index (χ2n) is 3.82. The fourth-order valence-electron chi connectivity index (χ4n) is 2.03. The Kier molecular flexibility index (Phi) is 2.07. The van der Waals surface area contributed by atoms with Gasteiger partial charge in [-0.15, -0.1) is 0 Å². The van der Waals surface area contributed by atoms with Crippen LogP contribution in [0.3, 0.4) is 0 Å². The predicted octanol–water partition coefficient (Wildman–Crippen LogP) is 0.106. The first kappa shape index (κ1) is 7.62. The third-order valence-corrected chi connectivity index (χ3v) is 2.88. The molecule has 1 unspecified atom stereocenters. The number of nitrogens with zero attached hydrogens (tertiary/aromatic N) is 2. The second-order valence-corrected chi connectivity index (χ2v) is 3.82. The van der Waals surface area contributed by atoms with Gasteiger partial charge in [0.1, 0.15) is 1.41 Å². The van der Waals surface area contributed by atoms with Crippen LogP contribution in [0.2, 0.25) is 1.41 Å². The Morgan fingerprint density at radius 2 is 2.46 bits per heavy atom. The van der Waals surface area contributed by atoms with Crippen molar-refractivity contribution in [3.63, 3.8) is 0 Å². The van der Waals surface area contributed by atoms with Crippen molar-refractivity contribution in [3.05, 3.63) is 0 Å². The molecule has 2 rings (SSSR count). The summed E-state index contributed by atoms with van der Waals surface area (Å²) in [7, 11) is 1.84. The lowest BCUT2D eigenvalue weighted by Crippen LogP contribution is -2.47. The Balaban J connectivity index is 1.97. The number of nitrogens with one attached hydrogen (secondary N) is 1. The van der Waals surface area contributed by atoms with Gasteiger partial charge in [0.25, 0.3) is 0 Å². The fourth-order valence-corrected chi connectivity index (χ4v) is 2.03. The van der Waals surface area contributed by atoms with E-state index in [4.69, 9.17) is 1.41 Å². The molecule has 13 heavy (non-hydrogen) atoms. The van der Waals surface area contributed by atoms with E-state index in [0.29, 0.717) is 6.54 Å². The summed E-state index contributed by atoms with van der Waals surface area (Å²) in [5.41, 5.74) is 0. The molecule has 2 fully saturated rings. The number of urea groups is 1. The number of carbonyl (C=O) groups is 1. The monoisotopic (exact) mass is 184 g/mol. The Labute approximate surface area is 80.3 Å². The zero-order valence-corrected chi connectivity index (χ0v) is 8.07. The molecule has 4 heteroatoms. The average Bonchev–Trinajstić information content (AvgIpc) is 2.48. The molecule has 2 amide bonds. The Hall–Kier alpha value is -0.770. The minimum atomic E-state index is 0.130. The van der Waals surface area contributed by atoms with Gasteiger partial charge >= 0.3 is 6.03 Å². The Bertz CT molecular complexity index is 236. The van der Waals surface area contributed by atoms with E-state index in [2.05, 4.69) is 0 Å². The summed E-state index contributed by atoms with van der Waals surface area (Å²) >= 11 is 0. The first-order valence-electron chi connectivity index (χ1n) is 5.39.